The van der Waals surface area contributed by atoms with Crippen molar-refractivity contribution in [1.82, 2.24) is 4.57 Å². The molecular weight excluding hydrogens is 234 g/mol. The number of hydrogen-bond donors (Lipinski definition) is 0. The molecule has 0 saturated heterocycles. The third-order valence-corrected chi connectivity index (χ3v) is 2.93. The fraction of sp³-hybridized carbons (Fsp3) is 0.357. The first-order valence-corrected chi connectivity index (χ1v) is 6.29. The second-order valence-corrected chi connectivity index (χ2v) is 4.03. The van der Waals surface area contributed by atoms with E-state index in [-0.39, 0.29) is 5.56 Å². The van der Waals surface area contributed by atoms with Gasteiger partial charge < -0.3 is 4.57 Å². The summed E-state index contributed by atoms with van der Waals surface area (Å²) < 4.78 is 1.57. The Morgan fingerprint density at radius 2 is 1.88 bits per heavy atom. The van der Waals surface area contributed by atoms with Crippen molar-refractivity contribution in [3.8, 4) is 0 Å². The van der Waals surface area contributed by atoms with Crippen LogP contribution in [0.2, 0.25) is 5.02 Å². The molecule has 0 aliphatic rings. The van der Waals surface area contributed by atoms with Gasteiger partial charge in [-0.25, -0.2) is 0 Å². The van der Waals surface area contributed by atoms with Gasteiger partial charge in [-0.15, -0.1) is 0 Å². The van der Waals surface area contributed by atoms with Gasteiger partial charge in [0.1, 0.15) is 0 Å². The molecule has 2 rings (SSSR count). The SMILES string of the molecule is CC.CCc1cc(Cl)c2ccn(C)c(=O)c2c1. The van der Waals surface area contributed by atoms with Crippen LogP contribution in [-0.2, 0) is 13.5 Å². The second kappa shape index (κ2) is 5.87. The Labute approximate surface area is 107 Å². The maximum atomic E-state index is 11.9. The number of hydrogen-bond acceptors (Lipinski definition) is 1. The van der Waals surface area contributed by atoms with Crippen LogP contribution in [0, 0.1) is 0 Å². The molecule has 1 aromatic heterocycles. The molecule has 0 spiro atoms. The van der Waals surface area contributed by atoms with Gasteiger partial charge in [0.2, 0.25) is 0 Å². The van der Waals surface area contributed by atoms with E-state index in [1.165, 1.54) is 0 Å². The van der Waals surface area contributed by atoms with Gasteiger partial charge in [-0.2, -0.15) is 0 Å². The van der Waals surface area contributed by atoms with Crippen molar-refractivity contribution in [2.75, 3.05) is 0 Å². The van der Waals surface area contributed by atoms with Crippen molar-refractivity contribution < 1.29 is 0 Å². The number of benzene rings is 1. The highest BCUT2D eigenvalue weighted by Crippen LogP contribution is 2.23. The van der Waals surface area contributed by atoms with Crippen molar-refractivity contribution in [2.45, 2.75) is 27.2 Å². The zero-order chi connectivity index (χ0) is 13.0. The van der Waals surface area contributed by atoms with Crippen LogP contribution in [-0.4, -0.2) is 4.57 Å². The van der Waals surface area contributed by atoms with Crippen LogP contribution >= 0.6 is 11.6 Å². The molecule has 17 heavy (non-hydrogen) atoms. The number of aryl methyl sites for hydroxylation is 2. The predicted octanol–water partition coefficient (Wildman–Crippen LogP) is 3.78. The van der Waals surface area contributed by atoms with E-state index in [9.17, 15) is 4.79 Å². The molecule has 1 heterocycles. The molecule has 0 aliphatic heterocycles. The van der Waals surface area contributed by atoms with Gasteiger partial charge in [0, 0.05) is 29.0 Å². The third-order valence-electron chi connectivity index (χ3n) is 2.61. The van der Waals surface area contributed by atoms with Crippen molar-refractivity contribution in [2.24, 2.45) is 7.05 Å². The lowest BCUT2D eigenvalue weighted by Crippen LogP contribution is -2.15. The monoisotopic (exact) mass is 251 g/mol. The van der Waals surface area contributed by atoms with Crippen LogP contribution in [0.4, 0.5) is 0 Å². The molecule has 0 atom stereocenters. The van der Waals surface area contributed by atoms with Gasteiger partial charge in [0.25, 0.3) is 5.56 Å². The normalized spacial score (nSPS) is 9.94. The first-order valence-electron chi connectivity index (χ1n) is 5.91. The van der Waals surface area contributed by atoms with Gasteiger partial charge in [-0.05, 0) is 30.2 Å². The Balaban J connectivity index is 0.000000686. The van der Waals surface area contributed by atoms with Crippen LogP contribution in [0.25, 0.3) is 10.8 Å². The molecule has 0 bridgehead atoms. The minimum atomic E-state index is 0.00435. The van der Waals surface area contributed by atoms with E-state index >= 15 is 0 Å². The highest BCUT2D eigenvalue weighted by Gasteiger charge is 2.05. The van der Waals surface area contributed by atoms with E-state index < -0.39 is 0 Å². The molecule has 0 N–H and O–H groups in total. The summed E-state index contributed by atoms with van der Waals surface area (Å²) in [5.41, 5.74) is 1.10. The quantitative estimate of drug-likeness (QED) is 0.756. The predicted molar refractivity (Wildman–Crippen MR) is 74.9 cm³/mol. The molecule has 2 nitrogen and oxygen atoms in total. The summed E-state index contributed by atoms with van der Waals surface area (Å²) in [6.45, 7) is 6.05. The van der Waals surface area contributed by atoms with E-state index in [1.807, 2.05) is 39.0 Å². The summed E-state index contributed by atoms with van der Waals surface area (Å²) in [7, 11) is 1.74. The van der Waals surface area contributed by atoms with Crippen LogP contribution < -0.4 is 5.56 Å². The molecule has 0 radical (unpaired) electrons. The number of nitrogens with zero attached hydrogens (tertiary/aromatic N) is 1. The smallest absolute Gasteiger partial charge is 0.258 e. The summed E-state index contributed by atoms with van der Waals surface area (Å²) >= 11 is 6.12. The highest BCUT2D eigenvalue weighted by molar-refractivity contribution is 6.35. The number of rotatable bonds is 1. The second-order valence-electron chi connectivity index (χ2n) is 3.62. The zero-order valence-electron chi connectivity index (χ0n) is 10.7. The Morgan fingerprint density at radius 3 is 2.47 bits per heavy atom. The summed E-state index contributed by atoms with van der Waals surface area (Å²) in [5.74, 6) is 0. The lowest BCUT2D eigenvalue weighted by molar-refractivity contribution is 0.873. The average Bonchev–Trinajstić information content (AvgIpc) is 2.36. The minimum absolute atomic E-state index is 0.00435. The van der Waals surface area contributed by atoms with Crippen LogP contribution in [0.3, 0.4) is 0 Å². The fourth-order valence-corrected chi connectivity index (χ4v) is 1.97. The molecule has 3 heteroatoms. The third kappa shape index (κ3) is 2.70. The molecule has 92 valence electrons. The molecule has 0 saturated carbocycles. The minimum Gasteiger partial charge on any atom is -0.318 e. The van der Waals surface area contributed by atoms with Gasteiger partial charge in [-0.1, -0.05) is 32.4 Å². The Hall–Kier alpha value is -1.28. The lowest BCUT2D eigenvalue weighted by atomic mass is 10.1. The number of pyridine rings is 1. The fourth-order valence-electron chi connectivity index (χ4n) is 1.67. The van der Waals surface area contributed by atoms with Crippen molar-refractivity contribution in [1.29, 1.82) is 0 Å². The molecule has 2 aromatic rings. The van der Waals surface area contributed by atoms with Crippen LogP contribution in [0.15, 0.2) is 29.2 Å². The highest BCUT2D eigenvalue weighted by atomic mass is 35.5. The molecule has 0 fully saturated rings. The van der Waals surface area contributed by atoms with Crippen LogP contribution in [0.5, 0.6) is 0 Å². The first kappa shape index (κ1) is 13.8. The van der Waals surface area contributed by atoms with E-state index in [0.29, 0.717) is 10.4 Å². The van der Waals surface area contributed by atoms with Gasteiger partial charge in [0.05, 0.1) is 0 Å². The summed E-state index contributed by atoms with van der Waals surface area (Å²) in [6.07, 6.45) is 2.62. The average molecular weight is 252 g/mol. The summed E-state index contributed by atoms with van der Waals surface area (Å²) in [6, 6.07) is 5.71. The van der Waals surface area contributed by atoms with Crippen molar-refractivity contribution >= 4 is 22.4 Å². The van der Waals surface area contributed by atoms with E-state index in [0.717, 1.165) is 17.4 Å². The molecule has 0 amide bonds. The van der Waals surface area contributed by atoms with Crippen molar-refractivity contribution in [3.05, 3.63) is 45.3 Å². The lowest BCUT2D eigenvalue weighted by Gasteiger charge is -2.05. The zero-order valence-corrected chi connectivity index (χ0v) is 11.5. The summed E-state index contributed by atoms with van der Waals surface area (Å²) in [5, 5.41) is 2.18. The van der Waals surface area contributed by atoms with Crippen molar-refractivity contribution in [3.63, 3.8) is 0 Å². The number of fused-ring (bicyclic) bond motifs is 1. The Kier molecular flexibility index (Phi) is 4.76. The molecule has 0 unspecified atom stereocenters. The largest absolute Gasteiger partial charge is 0.318 e. The number of aromatic nitrogens is 1. The standard InChI is InChI=1S/C12H12ClNO.C2H6/c1-3-8-6-10-9(11(13)7-8)4-5-14(2)12(10)15;1-2/h4-7H,3H2,1-2H3;1-2H3. The first-order chi connectivity index (χ1) is 8.13. The maximum absolute atomic E-state index is 11.9. The van der Waals surface area contributed by atoms with E-state index in [1.54, 1.807) is 17.8 Å². The maximum Gasteiger partial charge on any atom is 0.258 e. The number of halogens is 1. The Morgan fingerprint density at radius 1 is 1.24 bits per heavy atom. The molecular formula is C14H18ClNO. The van der Waals surface area contributed by atoms with Gasteiger partial charge in [-0.3, -0.25) is 4.79 Å². The van der Waals surface area contributed by atoms with Gasteiger partial charge >= 0.3 is 0 Å². The summed E-state index contributed by atoms with van der Waals surface area (Å²) in [4.78, 5) is 11.9. The molecule has 1 aromatic carbocycles. The Bertz CT molecular complexity index is 572. The van der Waals surface area contributed by atoms with E-state index in [2.05, 4.69) is 0 Å². The van der Waals surface area contributed by atoms with Crippen LogP contribution in [0.1, 0.15) is 26.3 Å². The van der Waals surface area contributed by atoms with E-state index in [4.69, 9.17) is 11.6 Å². The molecule has 0 aliphatic carbocycles. The topological polar surface area (TPSA) is 22.0 Å². The van der Waals surface area contributed by atoms with Gasteiger partial charge in [0.15, 0.2) is 0 Å².